The molecule has 2 N–H and O–H groups in total. The minimum absolute atomic E-state index is 0.199. The molecule has 0 radical (unpaired) electrons. The quantitative estimate of drug-likeness (QED) is 0.451. The predicted molar refractivity (Wildman–Crippen MR) is 119 cm³/mol. The first-order chi connectivity index (χ1) is 15.3. The summed E-state index contributed by atoms with van der Waals surface area (Å²) in [5, 5.41) is 6.83. The average molecular weight is 433 g/mol. The van der Waals surface area contributed by atoms with Gasteiger partial charge in [0.2, 0.25) is 11.7 Å². The van der Waals surface area contributed by atoms with Gasteiger partial charge in [-0.3, -0.25) is 14.4 Å². The van der Waals surface area contributed by atoms with E-state index in [0.717, 1.165) is 0 Å². The van der Waals surface area contributed by atoms with Gasteiger partial charge in [-0.15, -0.1) is 0 Å². The molecule has 2 heterocycles. The highest BCUT2D eigenvalue weighted by atomic mass is 16.5. The van der Waals surface area contributed by atoms with Crippen molar-refractivity contribution in [1.29, 1.82) is 0 Å². The summed E-state index contributed by atoms with van der Waals surface area (Å²) in [6, 6.07) is 13.6. The minimum Gasteiger partial charge on any atom is -0.341 e. The number of fused-ring (bicyclic) bond motifs is 1. The van der Waals surface area contributed by atoms with Gasteiger partial charge in [-0.1, -0.05) is 37.2 Å². The molecule has 0 aliphatic heterocycles. The molecule has 32 heavy (non-hydrogen) atoms. The number of carbonyl (C=O) groups excluding carboxylic acids is 1. The number of hydrogen-bond acceptors (Lipinski definition) is 6. The van der Waals surface area contributed by atoms with Crippen LogP contribution in [0, 0.1) is 5.92 Å². The van der Waals surface area contributed by atoms with Gasteiger partial charge in [0, 0.05) is 17.7 Å². The number of aromatic nitrogens is 4. The molecule has 4 aromatic rings. The smallest absolute Gasteiger partial charge is 0.316 e. The third kappa shape index (κ3) is 4.22. The Balaban J connectivity index is 1.62. The van der Waals surface area contributed by atoms with Crippen LogP contribution in [0.25, 0.3) is 22.4 Å². The van der Waals surface area contributed by atoms with Crippen molar-refractivity contribution >= 4 is 16.9 Å². The summed E-state index contributed by atoms with van der Waals surface area (Å²) in [6.07, 6.45) is 0. The zero-order valence-corrected chi connectivity index (χ0v) is 18.0. The van der Waals surface area contributed by atoms with E-state index in [-0.39, 0.29) is 17.7 Å². The lowest BCUT2D eigenvalue weighted by atomic mass is 10.1. The number of nitrogens with one attached hydrogen (secondary N) is 2. The number of H-pyrrole nitrogens is 1. The molecule has 0 fully saturated rings. The van der Waals surface area contributed by atoms with E-state index >= 15 is 0 Å². The number of benzene rings is 2. The lowest BCUT2D eigenvalue weighted by Gasteiger charge is -2.12. The van der Waals surface area contributed by atoms with Crippen LogP contribution >= 0.6 is 0 Å². The van der Waals surface area contributed by atoms with Crippen molar-refractivity contribution in [3.05, 3.63) is 80.7 Å². The second kappa shape index (κ2) is 8.62. The first-order valence-corrected chi connectivity index (χ1v) is 10.3. The molecular formula is C23H23N5O4. The Morgan fingerprint density at radius 1 is 1.12 bits per heavy atom. The average Bonchev–Trinajstić information content (AvgIpc) is 3.27. The highest BCUT2D eigenvalue weighted by Crippen LogP contribution is 2.22. The van der Waals surface area contributed by atoms with Crippen molar-refractivity contribution in [2.24, 2.45) is 5.92 Å². The molecule has 2 aromatic carbocycles. The van der Waals surface area contributed by atoms with Crippen LogP contribution in [0.3, 0.4) is 0 Å². The molecule has 0 bridgehead atoms. The SMILES string of the molecule is CC(C)Cn1c(=O)c(=O)[nH]c2cc(-c3noc([C@H](C)NC(=O)c4ccccc4)n3)ccc21. The molecule has 4 rings (SSSR count). The Kier molecular flexibility index (Phi) is 5.72. The molecule has 2 aromatic heterocycles. The Morgan fingerprint density at radius 2 is 1.88 bits per heavy atom. The topological polar surface area (TPSA) is 123 Å². The maximum absolute atomic E-state index is 12.4. The van der Waals surface area contributed by atoms with Crippen molar-refractivity contribution in [3.63, 3.8) is 0 Å². The number of rotatable bonds is 6. The van der Waals surface area contributed by atoms with E-state index < -0.39 is 17.2 Å². The lowest BCUT2D eigenvalue weighted by molar-refractivity contribution is 0.0932. The van der Waals surface area contributed by atoms with Gasteiger partial charge in [-0.25, -0.2) is 0 Å². The molecule has 0 saturated heterocycles. The van der Waals surface area contributed by atoms with Gasteiger partial charge >= 0.3 is 11.1 Å². The first kappa shape index (κ1) is 21.2. The van der Waals surface area contributed by atoms with Crippen molar-refractivity contribution in [2.75, 3.05) is 0 Å². The first-order valence-electron chi connectivity index (χ1n) is 10.3. The summed E-state index contributed by atoms with van der Waals surface area (Å²) in [5.74, 6) is 0.516. The normalized spacial score (nSPS) is 12.2. The van der Waals surface area contributed by atoms with Crippen LogP contribution in [0.2, 0.25) is 0 Å². The molecule has 0 unspecified atom stereocenters. The van der Waals surface area contributed by atoms with Crippen LogP contribution in [-0.4, -0.2) is 25.6 Å². The maximum atomic E-state index is 12.4. The highest BCUT2D eigenvalue weighted by Gasteiger charge is 2.19. The van der Waals surface area contributed by atoms with E-state index in [9.17, 15) is 14.4 Å². The van der Waals surface area contributed by atoms with E-state index in [4.69, 9.17) is 4.52 Å². The lowest BCUT2D eigenvalue weighted by Crippen LogP contribution is -2.37. The van der Waals surface area contributed by atoms with Gasteiger partial charge in [-0.05, 0) is 43.2 Å². The van der Waals surface area contributed by atoms with Gasteiger partial charge in [0.15, 0.2) is 0 Å². The Bertz CT molecular complexity index is 1390. The van der Waals surface area contributed by atoms with Gasteiger partial charge in [0.1, 0.15) is 6.04 Å². The predicted octanol–water partition coefficient (Wildman–Crippen LogP) is 2.89. The summed E-state index contributed by atoms with van der Waals surface area (Å²) < 4.78 is 6.82. The molecular weight excluding hydrogens is 410 g/mol. The molecule has 0 saturated carbocycles. The van der Waals surface area contributed by atoms with Gasteiger partial charge in [0.05, 0.1) is 11.0 Å². The summed E-state index contributed by atoms with van der Waals surface area (Å²) in [5.41, 5.74) is 1.01. The molecule has 9 nitrogen and oxygen atoms in total. The highest BCUT2D eigenvalue weighted by molar-refractivity contribution is 5.94. The number of hydrogen-bond donors (Lipinski definition) is 2. The van der Waals surface area contributed by atoms with E-state index in [0.29, 0.717) is 34.5 Å². The third-order valence-corrected chi connectivity index (χ3v) is 4.98. The summed E-state index contributed by atoms with van der Waals surface area (Å²) in [7, 11) is 0. The molecule has 164 valence electrons. The Hall–Kier alpha value is -4.01. The van der Waals surface area contributed by atoms with Crippen LogP contribution < -0.4 is 16.4 Å². The molecule has 0 spiro atoms. The van der Waals surface area contributed by atoms with E-state index in [2.05, 4.69) is 20.4 Å². The van der Waals surface area contributed by atoms with E-state index in [1.807, 2.05) is 19.9 Å². The zero-order valence-electron chi connectivity index (χ0n) is 18.0. The molecule has 1 amide bonds. The van der Waals surface area contributed by atoms with Crippen molar-refractivity contribution in [3.8, 4) is 11.4 Å². The second-order valence-electron chi connectivity index (χ2n) is 8.01. The standard InChI is InChI=1S/C23H23N5O4/c1-13(2)12-28-18-10-9-16(11-17(18)25-21(30)23(28)31)19-26-22(32-27-19)14(3)24-20(29)15-7-5-4-6-8-15/h4-11,13-14H,12H2,1-3H3,(H,24,29)(H,25,30)/t14-/m0/s1. The fourth-order valence-electron chi connectivity index (χ4n) is 3.42. The van der Waals surface area contributed by atoms with Crippen molar-refractivity contribution in [2.45, 2.75) is 33.4 Å². The fourth-order valence-corrected chi connectivity index (χ4v) is 3.42. The van der Waals surface area contributed by atoms with Crippen LogP contribution in [-0.2, 0) is 6.54 Å². The Morgan fingerprint density at radius 3 is 2.59 bits per heavy atom. The second-order valence-corrected chi connectivity index (χ2v) is 8.01. The number of carbonyl (C=O) groups is 1. The van der Waals surface area contributed by atoms with Crippen molar-refractivity contribution < 1.29 is 9.32 Å². The van der Waals surface area contributed by atoms with Crippen LogP contribution in [0.15, 0.2) is 62.6 Å². The van der Waals surface area contributed by atoms with E-state index in [1.54, 1.807) is 49.4 Å². The maximum Gasteiger partial charge on any atom is 0.316 e. The van der Waals surface area contributed by atoms with Crippen LogP contribution in [0.1, 0.15) is 43.1 Å². The number of nitrogens with zero attached hydrogens (tertiary/aromatic N) is 3. The van der Waals surface area contributed by atoms with Crippen LogP contribution in [0.5, 0.6) is 0 Å². The third-order valence-electron chi connectivity index (χ3n) is 4.98. The molecule has 0 aliphatic carbocycles. The minimum atomic E-state index is -0.679. The largest absolute Gasteiger partial charge is 0.341 e. The zero-order chi connectivity index (χ0) is 22.8. The molecule has 9 heteroatoms. The summed E-state index contributed by atoms with van der Waals surface area (Å²) in [4.78, 5) is 43.8. The molecule has 1 atom stereocenters. The van der Waals surface area contributed by atoms with Gasteiger partial charge in [-0.2, -0.15) is 4.98 Å². The number of aromatic amines is 1. The fraction of sp³-hybridized carbons (Fsp3) is 0.261. The van der Waals surface area contributed by atoms with Gasteiger partial charge in [0.25, 0.3) is 5.91 Å². The Labute approximate surface area is 183 Å². The summed E-state index contributed by atoms with van der Waals surface area (Å²) in [6.45, 7) is 6.14. The van der Waals surface area contributed by atoms with E-state index in [1.165, 1.54) is 4.57 Å². The monoisotopic (exact) mass is 433 g/mol. The van der Waals surface area contributed by atoms with Gasteiger partial charge < -0.3 is 19.4 Å². The van der Waals surface area contributed by atoms with Crippen LogP contribution in [0.4, 0.5) is 0 Å². The number of amides is 1. The molecule has 0 aliphatic rings. The van der Waals surface area contributed by atoms with Crippen molar-refractivity contribution in [1.82, 2.24) is 25.0 Å². The summed E-state index contributed by atoms with van der Waals surface area (Å²) >= 11 is 0.